The summed E-state index contributed by atoms with van der Waals surface area (Å²) in [5.41, 5.74) is 4.15. The zero-order chi connectivity index (χ0) is 28.8. The number of benzene rings is 2. The fourth-order valence-corrected chi connectivity index (χ4v) is 4.31. The van der Waals surface area contributed by atoms with E-state index < -0.39 is 35.6 Å². The molecule has 2 rings (SSSR count). The van der Waals surface area contributed by atoms with E-state index in [0.717, 1.165) is 27.2 Å². The minimum atomic E-state index is -1.12. The maximum absolute atomic E-state index is 13.9. The Morgan fingerprint density at radius 2 is 1.61 bits per heavy atom. The number of amides is 3. The third kappa shape index (κ3) is 8.11. The first-order chi connectivity index (χ1) is 17.6. The van der Waals surface area contributed by atoms with Crippen LogP contribution in [-0.4, -0.2) is 34.5 Å². The van der Waals surface area contributed by atoms with Crippen LogP contribution in [0.3, 0.4) is 0 Å². The van der Waals surface area contributed by atoms with Crippen LogP contribution >= 0.6 is 0 Å². The van der Waals surface area contributed by atoms with E-state index in [1.54, 1.807) is 20.8 Å². The van der Waals surface area contributed by atoms with Gasteiger partial charge in [0.15, 0.2) is 0 Å². The molecule has 0 aliphatic heterocycles. The lowest BCUT2D eigenvalue weighted by molar-refractivity contribution is -0.137. The zero-order valence-corrected chi connectivity index (χ0v) is 24.1. The summed E-state index contributed by atoms with van der Waals surface area (Å²) in [5, 5.41) is 5.68. The monoisotopic (exact) mass is 519 g/mol. The van der Waals surface area contributed by atoms with Crippen LogP contribution in [-0.2, 0) is 14.3 Å². The molecule has 3 amide bonds. The number of hydrogen-bond donors (Lipinski definition) is 2. The van der Waals surface area contributed by atoms with Crippen molar-refractivity contribution in [1.82, 2.24) is 10.2 Å². The van der Waals surface area contributed by atoms with Gasteiger partial charge in [-0.05, 0) is 83.1 Å². The molecule has 38 heavy (non-hydrogen) atoms. The highest BCUT2D eigenvalue weighted by Gasteiger charge is 2.37. The summed E-state index contributed by atoms with van der Waals surface area (Å²) in [5.74, 6) is -0.948. The molecule has 0 aliphatic rings. The molecule has 2 atom stereocenters. The maximum Gasteiger partial charge on any atom is 0.408 e. The van der Waals surface area contributed by atoms with Crippen molar-refractivity contribution in [3.8, 4) is 12.5 Å². The number of carbonyl (C=O) groups excluding carboxylic acids is 3. The van der Waals surface area contributed by atoms with E-state index in [1.165, 1.54) is 0 Å². The molecule has 2 aromatic carbocycles. The summed E-state index contributed by atoms with van der Waals surface area (Å²) in [7, 11) is 0. The van der Waals surface area contributed by atoms with E-state index >= 15 is 0 Å². The topological polar surface area (TPSA) is 87.7 Å². The van der Waals surface area contributed by atoms with Crippen molar-refractivity contribution in [2.45, 2.75) is 86.4 Å². The van der Waals surface area contributed by atoms with Crippen LogP contribution in [0.25, 0.3) is 0 Å². The number of nitrogens with one attached hydrogen (secondary N) is 2. The van der Waals surface area contributed by atoms with Crippen molar-refractivity contribution in [1.29, 1.82) is 0 Å². The predicted octanol–water partition coefficient (Wildman–Crippen LogP) is 5.96. The SMILES string of the molecule is C#CN(C(=O)C(CC(C)C)NC(=O)OC(C)(C)C)C(C(=O)Nc1c(C)cccc1C)c1ccc(C)cc1C. The zero-order valence-electron chi connectivity index (χ0n) is 24.1. The molecule has 2 aromatic rings. The van der Waals surface area contributed by atoms with E-state index in [4.69, 9.17) is 11.2 Å². The van der Waals surface area contributed by atoms with Crippen LogP contribution in [0.5, 0.6) is 0 Å². The number of terminal acetylenes is 1. The Hall–Kier alpha value is -3.79. The number of alkyl carbamates (subject to hydrolysis) is 1. The van der Waals surface area contributed by atoms with Crippen molar-refractivity contribution in [3.05, 3.63) is 64.2 Å². The highest BCUT2D eigenvalue weighted by molar-refractivity contribution is 6.00. The first kappa shape index (κ1) is 30.4. The Kier molecular flexibility index (Phi) is 10.1. The van der Waals surface area contributed by atoms with Crippen LogP contribution in [0.4, 0.5) is 10.5 Å². The summed E-state index contributed by atoms with van der Waals surface area (Å²) in [6, 6.07) is 11.7. The molecular formula is C31H41N3O4. The van der Waals surface area contributed by atoms with Crippen molar-refractivity contribution in [2.24, 2.45) is 5.92 Å². The molecule has 0 aromatic heterocycles. The normalized spacial score (nSPS) is 12.8. The number of hydrogen-bond acceptors (Lipinski definition) is 4. The maximum atomic E-state index is 13.9. The average Bonchev–Trinajstić information content (AvgIpc) is 2.78. The average molecular weight is 520 g/mol. The number of ether oxygens (including phenoxy) is 1. The molecular weight excluding hydrogens is 478 g/mol. The Bertz CT molecular complexity index is 1200. The summed E-state index contributed by atoms with van der Waals surface area (Å²) >= 11 is 0. The first-order valence-corrected chi connectivity index (χ1v) is 12.9. The van der Waals surface area contributed by atoms with E-state index in [1.807, 2.05) is 77.9 Å². The second-order valence-electron chi connectivity index (χ2n) is 11.2. The lowest BCUT2D eigenvalue weighted by atomic mass is 9.95. The van der Waals surface area contributed by atoms with Gasteiger partial charge in [-0.25, -0.2) is 4.79 Å². The number of anilines is 1. The number of aryl methyl sites for hydroxylation is 4. The van der Waals surface area contributed by atoms with Gasteiger partial charge in [-0.15, -0.1) is 0 Å². The lowest BCUT2D eigenvalue weighted by Gasteiger charge is -2.32. The summed E-state index contributed by atoms with van der Waals surface area (Å²) < 4.78 is 5.39. The van der Waals surface area contributed by atoms with Crippen LogP contribution in [0.2, 0.25) is 0 Å². The highest BCUT2D eigenvalue weighted by Crippen LogP contribution is 2.29. The third-order valence-corrected chi connectivity index (χ3v) is 6.03. The molecule has 0 saturated heterocycles. The molecule has 0 spiro atoms. The number of para-hydroxylation sites is 1. The molecule has 7 nitrogen and oxygen atoms in total. The van der Waals surface area contributed by atoms with E-state index in [-0.39, 0.29) is 5.92 Å². The predicted molar refractivity (Wildman–Crippen MR) is 151 cm³/mol. The fourth-order valence-electron chi connectivity index (χ4n) is 4.31. The van der Waals surface area contributed by atoms with Gasteiger partial charge in [-0.1, -0.05) is 62.2 Å². The van der Waals surface area contributed by atoms with E-state index in [9.17, 15) is 14.4 Å². The highest BCUT2D eigenvalue weighted by atomic mass is 16.6. The second-order valence-corrected chi connectivity index (χ2v) is 11.2. The Balaban J connectivity index is 2.56. The fraction of sp³-hybridized carbons (Fsp3) is 0.452. The smallest absolute Gasteiger partial charge is 0.408 e. The van der Waals surface area contributed by atoms with Gasteiger partial charge in [0.25, 0.3) is 11.8 Å². The van der Waals surface area contributed by atoms with Crippen molar-refractivity contribution in [2.75, 3.05) is 5.32 Å². The van der Waals surface area contributed by atoms with Crippen LogP contribution in [0.15, 0.2) is 36.4 Å². The van der Waals surface area contributed by atoms with Gasteiger partial charge < -0.3 is 15.4 Å². The standard InChI is InChI=1S/C31H41N3O4/c1-11-34(29(36)25(17-19(2)3)32-30(37)38-31(8,9)10)27(24-16-15-20(4)18-23(24)7)28(35)33-26-21(5)13-12-14-22(26)6/h1,12-16,18-19,25,27H,17H2,2-10H3,(H,32,37)(H,33,35). The number of nitrogens with zero attached hydrogens (tertiary/aromatic N) is 1. The van der Waals surface area contributed by atoms with Crippen molar-refractivity contribution >= 4 is 23.6 Å². The van der Waals surface area contributed by atoms with Gasteiger partial charge in [-0.3, -0.25) is 14.5 Å². The minimum absolute atomic E-state index is 0.0570. The van der Waals surface area contributed by atoms with E-state index in [2.05, 4.69) is 16.7 Å². The van der Waals surface area contributed by atoms with Crippen LogP contribution < -0.4 is 10.6 Å². The van der Waals surface area contributed by atoms with Gasteiger partial charge in [0.05, 0.1) is 0 Å². The third-order valence-electron chi connectivity index (χ3n) is 6.03. The van der Waals surface area contributed by atoms with Gasteiger partial charge in [0, 0.05) is 11.7 Å². The van der Waals surface area contributed by atoms with E-state index in [0.29, 0.717) is 17.7 Å². The summed E-state index contributed by atoms with van der Waals surface area (Å²) in [6.45, 7) is 16.8. The van der Waals surface area contributed by atoms with Gasteiger partial charge in [0.2, 0.25) is 0 Å². The minimum Gasteiger partial charge on any atom is -0.444 e. The molecule has 0 heterocycles. The molecule has 0 aliphatic carbocycles. The van der Waals surface area contributed by atoms with Gasteiger partial charge >= 0.3 is 6.09 Å². The Morgan fingerprint density at radius 3 is 2.11 bits per heavy atom. The molecule has 0 fully saturated rings. The first-order valence-electron chi connectivity index (χ1n) is 12.9. The summed E-state index contributed by atoms with van der Waals surface area (Å²) in [6.07, 6.45) is 5.50. The Labute approximate surface area is 227 Å². The number of carbonyl (C=O) groups is 3. The second kappa shape index (κ2) is 12.6. The molecule has 204 valence electrons. The Morgan fingerprint density at radius 1 is 1.00 bits per heavy atom. The van der Waals surface area contributed by atoms with Gasteiger partial charge in [0.1, 0.15) is 17.7 Å². The molecule has 0 saturated carbocycles. The molecule has 7 heteroatoms. The van der Waals surface area contributed by atoms with Crippen molar-refractivity contribution < 1.29 is 19.1 Å². The number of rotatable bonds is 8. The quantitative estimate of drug-likeness (QED) is 0.333. The molecule has 0 bridgehead atoms. The molecule has 2 unspecified atom stereocenters. The van der Waals surface area contributed by atoms with Gasteiger partial charge in [-0.2, -0.15) is 0 Å². The molecule has 0 radical (unpaired) electrons. The van der Waals surface area contributed by atoms with Crippen molar-refractivity contribution in [3.63, 3.8) is 0 Å². The van der Waals surface area contributed by atoms with Crippen LogP contribution in [0.1, 0.15) is 74.9 Å². The summed E-state index contributed by atoms with van der Waals surface area (Å²) in [4.78, 5) is 41.5. The lowest BCUT2D eigenvalue weighted by Crippen LogP contribution is -2.51. The largest absolute Gasteiger partial charge is 0.444 e. The van der Waals surface area contributed by atoms with Crippen LogP contribution in [0, 0.1) is 46.1 Å². The molecule has 2 N–H and O–H groups in total.